The van der Waals surface area contributed by atoms with Crippen LogP contribution in [0.5, 0.6) is 0 Å². The molecule has 0 heterocycles. The van der Waals surface area contributed by atoms with Crippen LogP contribution >= 0.6 is 11.6 Å². The Kier molecular flexibility index (Phi) is 7.04. The fourth-order valence-electron chi connectivity index (χ4n) is 3.02. The van der Waals surface area contributed by atoms with Crippen molar-refractivity contribution in [2.45, 2.75) is 19.8 Å². The Hall–Kier alpha value is -3.11. The molecule has 0 unspecified atom stereocenters. The summed E-state index contributed by atoms with van der Waals surface area (Å²) in [6.07, 6.45) is 1.53. The third-order valence-electron chi connectivity index (χ3n) is 4.56. The van der Waals surface area contributed by atoms with Gasteiger partial charge in [0.15, 0.2) is 6.61 Å². The van der Waals surface area contributed by atoms with Crippen molar-refractivity contribution in [2.75, 3.05) is 11.9 Å². The summed E-state index contributed by atoms with van der Waals surface area (Å²) in [4.78, 5) is 24.7. The SMILES string of the molecule is Cc1cc(Cl)ccc1NC(=O)COC(=O)c1ccccc1CCc1ccccc1. The van der Waals surface area contributed by atoms with E-state index >= 15 is 0 Å². The highest BCUT2D eigenvalue weighted by Gasteiger charge is 2.14. The molecule has 0 fully saturated rings. The lowest BCUT2D eigenvalue weighted by atomic mass is 10.00. The number of halogens is 1. The minimum Gasteiger partial charge on any atom is -0.452 e. The average molecular weight is 408 g/mol. The summed E-state index contributed by atoms with van der Waals surface area (Å²) in [5.41, 5.74) is 4.06. The normalized spacial score (nSPS) is 10.4. The van der Waals surface area contributed by atoms with Crippen LogP contribution in [-0.4, -0.2) is 18.5 Å². The summed E-state index contributed by atoms with van der Waals surface area (Å²) < 4.78 is 5.24. The van der Waals surface area contributed by atoms with Crippen molar-refractivity contribution in [1.29, 1.82) is 0 Å². The molecule has 3 rings (SSSR count). The number of esters is 1. The molecule has 148 valence electrons. The second-order valence-corrected chi connectivity index (χ2v) is 7.16. The minimum absolute atomic E-state index is 0.353. The smallest absolute Gasteiger partial charge is 0.338 e. The quantitative estimate of drug-likeness (QED) is 0.545. The van der Waals surface area contributed by atoms with E-state index in [-0.39, 0.29) is 6.61 Å². The standard InChI is InChI=1S/C24H22ClNO3/c1-17-15-20(25)13-14-22(17)26-23(27)16-29-24(28)21-10-6-5-9-19(21)12-11-18-7-3-2-4-8-18/h2-10,13-15H,11-12,16H2,1H3,(H,26,27). The molecule has 29 heavy (non-hydrogen) atoms. The molecule has 4 nitrogen and oxygen atoms in total. The zero-order valence-electron chi connectivity index (χ0n) is 16.2. The topological polar surface area (TPSA) is 55.4 Å². The van der Waals surface area contributed by atoms with E-state index in [2.05, 4.69) is 17.4 Å². The lowest BCUT2D eigenvalue weighted by molar-refractivity contribution is -0.119. The molecule has 0 radical (unpaired) electrons. The molecule has 1 N–H and O–H groups in total. The van der Waals surface area contributed by atoms with Crippen LogP contribution in [0.3, 0.4) is 0 Å². The summed E-state index contributed by atoms with van der Waals surface area (Å²) in [7, 11) is 0. The number of aryl methyl sites for hydroxylation is 3. The van der Waals surface area contributed by atoms with Crippen molar-refractivity contribution in [3.05, 3.63) is 100 Å². The maximum Gasteiger partial charge on any atom is 0.338 e. The van der Waals surface area contributed by atoms with E-state index in [9.17, 15) is 9.59 Å². The molecule has 0 atom stereocenters. The first-order valence-electron chi connectivity index (χ1n) is 9.38. The van der Waals surface area contributed by atoms with Crippen molar-refractivity contribution in [2.24, 2.45) is 0 Å². The number of hydrogen-bond acceptors (Lipinski definition) is 3. The lowest BCUT2D eigenvalue weighted by Gasteiger charge is -2.11. The predicted octanol–water partition coefficient (Wildman–Crippen LogP) is 5.23. The van der Waals surface area contributed by atoms with Crippen LogP contribution in [0.4, 0.5) is 5.69 Å². The Morgan fingerprint density at radius 2 is 1.66 bits per heavy atom. The van der Waals surface area contributed by atoms with Crippen molar-refractivity contribution in [3.8, 4) is 0 Å². The molecule has 0 saturated carbocycles. The molecule has 0 bridgehead atoms. The molecule has 0 aliphatic carbocycles. The van der Waals surface area contributed by atoms with Crippen LogP contribution in [0.2, 0.25) is 5.02 Å². The highest BCUT2D eigenvalue weighted by atomic mass is 35.5. The number of hydrogen-bond donors (Lipinski definition) is 1. The van der Waals surface area contributed by atoms with Gasteiger partial charge in [-0.3, -0.25) is 4.79 Å². The monoisotopic (exact) mass is 407 g/mol. The van der Waals surface area contributed by atoms with Gasteiger partial charge in [0.2, 0.25) is 0 Å². The van der Waals surface area contributed by atoms with Gasteiger partial charge in [0.05, 0.1) is 5.56 Å². The lowest BCUT2D eigenvalue weighted by Crippen LogP contribution is -2.21. The number of ether oxygens (including phenoxy) is 1. The fourth-order valence-corrected chi connectivity index (χ4v) is 3.25. The van der Waals surface area contributed by atoms with Crippen LogP contribution in [0.25, 0.3) is 0 Å². The number of carbonyl (C=O) groups is 2. The third-order valence-corrected chi connectivity index (χ3v) is 4.80. The predicted molar refractivity (Wildman–Crippen MR) is 115 cm³/mol. The Bertz CT molecular complexity index is 1000. The first kappa shape index (κ1) is 20.6. The second-order valence-electron chi connectivity index (χ2n) is 6.73. The van der Waals surface area contributed by atoms with Gasteiger partial charge in [0.1, 0.15) is 0 Å². The van der Waals surface area contributed by atoms with Crippen LogP contribution in [-0.2, 0) is 22.4 Å². The van der Waals surface area contributed by atoms with Gasteiger partial charge in [-0.1, -0.05) is 60.1 Å². The van der Waals surface area contributed by atoms with Gasteiger partial charge in [-0.2, -0.15) is 0 Å². The molecular formula is C24H22ClNO3. The van der Waals surface area contributed by atoms with Gasteiger partial charge in [0, 0.05) is 10.7 Å². The average Bonchev–Trinajstić information content (AvgIpc) is 2.73. The zero-order valence-corrected chi connectivity index (χ0v) is 16.9. The van der Waals surface area contributed by atoms with Crippen LogP contribution < -0.4 is 5.32 Å². The maximum atomic E-state index is 12.5. The van der Waals surface area contributed by atoms with E-state index in [0.29, 0.717) is 22.7 Å². The first-order valence-corrected chi connectivity index (χ1v) is 9.75. The molecule has 0 aliphatic rings. The maximum absolute atomic E-state index is 12.5. The zero-order chi connectivity index (χ0) is 20.6. The number of nitrogens with one attached hydrogen (secondary N) is 1. The van der Waals surface area contributed by atoms with E-state index in [1.165, 1.54) is 5.56 Å². The number of amides is 1. The van der Waals surface area contributed by atoms with E-state index in [4.69, 9.17) is 16.3 Å². The van der Waals surface area contributed by atoms with Gasteiger partial charge in [-0.15, -0.1) is 0 Å². The van der Waals surface area contributed by atoms with Crippen LogP contribution in [0.15, 0.2) is 72.8 Å². The van der Waals surface area contributed by atoms with Crippen molar-refractivity contribution in [1.82, 2.24) is 0 Å². The Morgan fingerprint density at radius 1 is 0.931 bits per heavy atom. The first-order chi connectivity index (χ1) is 14.0. The number of anilines is 1. The fraction of sp³-hybridized carbons (Fsp3) is 0.167. The molecule has 5 heteroatoms. The molecule has 0 aromatic heterocycles. The van der Waals surface area contributed by atoms with Crippen LogP contribution in [0, 0.1) is 6.92 Å². The minimum atomic E-state index is -0.503. The van der Waals surface area contributed by atoms with Gasteiger partial charge >= 0.3 is 5.97 Å². The highest BCUT2D eigenvalue weighted by molar-refractivity contribution is 6.30. The number of benzene rings is 3. The van der Waals surface area contributed by atoms with Crippen molar-refractivity contribution in [3.63, 3.8) is 0 Å². The largest absolute Gasteiger partial charge is 0.452 e. The van der Waals surface area contributed by atoms with E-state index in [0.717, 1.165) is 17.5 Å². The second kappa shape index (κ2) is 9.89. The molecule has 0 aliphatic heterocycles. The Labute approximate surface area is 175 Å². The van der Waals surface area contributed by atoms with E-state index in [1.54, 1.807) is 30.3 Å². The molecular weight excluding hydrogens is 386 g/mol. The molecule has 3 aromatic carbocycles. The van der Waals surface area contributed by atoms with Gasteiger partial charge in [0.25, 0.3) is 5.91 Å². The molecule has 3 aromatic rings. The summed E-state index contributed by atoms with van der Waals surface area (Å²) in [6.45, 7) is 1.49. The molecule has 1 amide bonds. The summed E-state index contributed by atoms with van der Waals surface area (Å²) >= 11 is 5.92. The Morgan fingerprint density at radius 3 is 2.41 bits per heavy atom. The number of carbonyl (C=O) groups excluding carboxylic acids is 2. The van der Waals surface area contributed by atoms with Crippen molar-refractivity contribution >= 4 is 29.2 Å². The van der Waals surface area contributed by atoms with Crippen LogP contribution in [0.1, 0.15) is 27.0 Å². The van der Waals surface area contributed by atoms with Crippen molar-refractivity contribution < 1.29 is 14.3 Å². The molecule has 0 spiro atoms. The highest BCUT2D eigenvalue weighted by Crippen LogP contribution is 2.19. The van der Waals surface area contributed by atoms with Gasteiger partial charge in [-0.05, 0) is 60.7 Å². The Balaban J connectivity index is 1.58. The summed E-state index contributed by atoms with van der Waals surface area (Å²) in [5.74, 6) is -0.901. The summed E-state index contributed by atoms with van der Waals surface area (Å²) in [5, 5.41) is 3.33. The van der Waals surface area contributed by atoms with E-state index < -0.39 is 11.9 Å². The number of rotatable bonds is 7. The van der Waals surface area contributed by atoms with E-state index in [1.807, 2.05) is 37.3 Å². The third kappa shape index (κ3) is 5.93. The van der Waals surface area contributed by atoms with Gasteiger partial charge < -0.3 is 10.1 Å². The summed E-state index contributed by atoms with van der Waals surface area (Å²) in [6, 6.07) is 22.6. The molecule has 0 saturated heterocycles. The van der Waals surface area contributed by atoms with Gasteiger partial charge in [-0.25, -0.2) is 4.79 Å².